The first-order valence-electron chi connectivity index (χ1n) is 14.2. The first kappa shape index (κ1) is 29.1. The number of aromatic nitrogens is 1. The van der Waals surface area contributed by atoms with E-state index in [0.717, 1.165) is 52.6 Å². The first-order chi connectivity index (χ1) is 20.7. The molecule has 224 valence electrons. The molecular weight excluding hydrogens is 573 g/mol. The minimum absolute atomic E-state index is 0.248. The van der Waals surface area contributed by atoms with E-state index < -0.39 is 11.7 Å². The van der Waals surface area contributed by atoms with E-state index in [1.54, 1.807) is 17.4 Å². The van der Waals surface area contributed by atoms with E-state index in [4.69, 9.17) is 14.5 Å². The molecule has 0 saturated carbocycles. The number of halogens is 3. The SMILES string of the molecule is C=C(c1csc(CN(Cc2ccc(C)cc2)Cc2ccc3c(c2)OCO3)n1)N1CCN(c2cccc(C(F)(F)F)c2)CC1. The van der Waals surface area contributed by atoms with Crippen molar-refractivity contribution in [1.29, 1.82) is 0 Å². The van der Waals surface area contributed by atoms with Crippen molar-refractivity contribution >= 4 is 22.7 Å². The summed E-state index contributed by atoms with van der Waals surface area (Å²) in [5, 5.41) is 3.04. The molecule has 2 aliphatic heterocycles. The van der Waals surface area contributed by atoms with Crippen LogP contribution in [0.1, 0.15) is 33.0 Å². The number of thiazole rings is 1. The maximum Gasteiger partial charge on any atom is 0.416 e. The average molecular weight is 607 g/mol. The zero-order valence-corrected chi connectivity index (χ0v) is 24.8. The zero-order chi connectivity index (χ0) is 30.0. The van der Waals surface area contributed by atoms with Gasteiger partial charge < -0.3 is 19.3 Å². The third-order valence-electron chi connectivity index (χ3n) is 7.78. The van der Waals surface area contributed by atoms with Crippen LogP contribution in [-0.2, 0) is 25.8 Å². The van der Waals surface area contributed by atoms with Crippen LogP contribution < -0.4 is 14.4 Å². The van der Waals surface area contributed by atoms with Gasteiger partial charge in [-0.05, 0) is 48.4 Å². The Labute approximate surface area is 253 Å². The van der Waals surface area contributed by atoms with Crippen molar-refractivity contribution in [3.63, 3.8) is 0 Å². The number of fused-ring (bicyclic) bond motifs is 1. The molecule has 3 heterocycles. The van der Waals surface area contributed by atoms with E-state index in [9.17, 15) is 13.2 Å². The molecule has 1 saturated heterocycles. The van der Waals surface area contributed by atoms with E-state index in [1.165, 1.54) is 23.3 Å². The normalized spacial score (nSPS) is 14.9. The molecule has 0 bridgehead atoms. The lowest BCUT2D eigenvalue weighted by molar-refractivity contribution is -0.137. The molecule has 0 N–H and O–H groups in total. The fourth-order valence-corrected chi connectivity index (χ4v) is 6.24. The summed E-state index contributed by atoms with van der Waals surface area (Å²) < 4.78 is 50.7. The summed E-state index contributed by atoms with van der Waals surface area (Å²) in [6.07, 6.45) is -4.35. The predicted octanol–water partition coefficient (Wildman–Crippen LogP) is 7.19. The first-order valence-corrected chi connectivity index (χ1v) is 15.1. The Morgan fingerprint density at radius 2 is 1.63 bits per heavy atom. The van der Waals surface area contributed by atoms with Crippen LogP contribution in [0.15, 0.2) is 78.7 Å². The third kappa shape index (κ3) is 6.97. The second-order valence-electron chi connectivity index (χ2n) is 10.9. The highest BCUT2D eigenvalue weighted by Gasteiger charge is 2.31. The van der Waals surface area contributed by atoms with Crippen molar-refractivity contribution in [2.45, 2.75) is 32.7 Å². The number of piperazine rings is 1. The van der Waals surface area contributed by atoms with E-state index in [0.29, 0.717) is 38.4 Å². The number of benzene rings is 3. The Morgan fingerprint density at radius 3 is 2.40 bits per heavy atom. The molecule has 4 aromatic rings. The Morgan fingerprint density at radius 1 is 0.907 bits per heavy atom. The van der Waals surface area contributed by atoms with E-state index in [-0.39, 0.29) is 6.79 Å². The predicted molar refractivity (Wildman–Crippen MR) is 163 cm³/mol. The average Bonchev–Trinajstić information content (AvgIpc) is 3.67. The van der Waals surface area contributed by atoms with Crippen LogP contribution in [0.5, 0.6) is 11.5 Å². The quantitative estimate of drug-likeness (QED) is 0.201. The number of aryl methyl sites for hydroxylation is 1. The van der Waals surface area contributed by atoms with E-state index in [2.05, 4.69) is 53.6 Å². The molecule has 0 radical (unpaired) electrons. The highest BCUT2D eigenvalue weighted by molar-refractivity contribution is 7.09. The van der Waals surface area contributed by atoms with Crippen LogP contribution in [0.3, 0.4) is 0 Å². The molecule has 0 aliphatic carbocycles. The number of anilines is 1. The summed E-state index contributed by atoms with van der Waals surface area (Å²) in [4.78, 5) is 11.5. The molecule has 0 spiro atoms. The highest BCUT2D eigenvalue weighted by atomic mass is 32.1. The Hall–Kier alpha value is -4.02. The maximum atomic E-state index is 13.2. The standard InChI is InChI=1S/C33H33F3N4O2S/c1-23-6-8-25(9-7-23)18-38(19-26-10-11-30-31(16-26)42-22-41-30)20-32-37-29(21-43-32)24(2)39-12-14-40(15-13-39)28-5-3-4-27(17-28)33(34,35)36/h3-11,16-17,21H,2,12-15,18-20,22H2,1H3. The number of rotatable bonds is 9. The summed E-state index contributed by atoms with van der Waals surface area (Å²) in [5.74, 6) is 1.54. The topological polar surface area (TPSA) is 41.1 Å². The molecule has 0 unspecified atom stereocenters. The van der Waals surface area contributed by atoms with Crippen molar-refractivity contribution in [2.24, 2.45) is 0 Å². The van der Waals surface area contributed by atoms with Crippen molar-refractivity contribution in [3.05, 3.63) is 112 Å². The largest absolute Gasteiger partial charge is 0.454 e. The molecule has 0 amide bonds. The molecule has 6 nitrogen and oxygen atoms in total. The monoisotopic (exact) mass is 606 g/mol. The molecule has 2 aliphatic rings. The summed E-state index contributed by atoms with van der Waals surface area (Å²) in [6, 6.07) is 20.2. The number of nitrogens with zero attached hydrogens (tertiary/aromatic N) is 4. The van der Waals surface area contributed by atoms with Crippen molar-refractivity contribution in [3.8, 4) is 11.5 Å². The number of hydrogen-bond acceptors (Lipinski definition) is 7. The van der Waals surface area contributed by atoms with E-state index in [1.807, 2.05) is 22.4 Å². The smallest absolute Gasteiger partial charge is 0.416 e. The van der Waals surface area contributed by atoms with Crippen molar-refractivity contribution in [2.75, 3.05) is 37.9 Å². The van der Waals surface area contributed by atoms with Gasteiger partial charge in [-0.25, -0.2) is 4.98 Å². The van der Waals surface area contributed by atoms with Gasteiger partial charge in [0.15, 0.2) is 11.5 Å². The summed E-state index contributed by atoms with van der Waals surface area (Å²) in [7, 11) is 0. The van der Waals surface area contributed by atoms with Gasteiger partial charge in [0.2, 0.25) is 6.79 Å². The molecule has 3 aromatic carbocycles. The second kappa shape index (κ2) is 12.3. The molecular formula is C33H33F3N4O2S. The Kier molecular flexibility index (Phi) is 8.32. The van der Waals surface area contributed by atoms with Crippen LogP contribution >= 0.6 is 11.3 Å². The number of alkyl halides is 3. The van der Waals surface area contributed by atoms with Gasteiger partial charge in [-0.3, -0.25) is 4.90 Å². The molecule has 1 aromatic heterocycles. The fourth-order valence-electron chi connectivity index (χ4n) is 5.40. The van der Waals surface area contributed by atoms with Crippen LogP contribution in [0.2, 0.25) is 0 Å². The van der Waals surface area contributed by atoms with Gasteiger partial charge in [0.05, 0.1) is 23.5 Å². The number of ether oxygens (including phenoxy) is 2. The summed E-state index contributed by atoms with van der Waals surface area (Å²) >= 11 is 1.61. The lowest BCUT2D eigenvalue weighted by atomic mass is 10.1. The van der Waals surface area contributed by atoms with Crippen LogP contribution in [0.25, 0.3) is 5.70 Å². The van der Waals surface area contributed by atoms with Gasteiger partial charge in [-0.15, -0.1) is 11.3 Å². The van der Waals surface area contributed by atoms with Gasteiger partial charge in [0, 0.05) is 50.3 Å². The van der Waals surface area contributed by atoms with Gasteiger partial charge in [-0.2, -0.15) is 13.2 Å². The second-order valence-corrected chi connectivity index (χ2v) is 11.9. The Bertz CT molecular complexity index is 1580. The Balaban J connectivity index is 1.11. The van der Waals surface area contributed by atoms with Crippen LogP contribution in [0, 0.1) is 6.92 Å². The highest BCUT2D eigenvalue weighted by Crippen LogP contribution is 2.34. The zero-order valence-electron chi connectivity index (χ0n) is 23.9. The van der Waals surface area contributed by atoms with Gasteiger partial charge in [-0.1, -0.05) is 48.5 Å². The summed E-state index contributed by atoms with van der Waals surface area (Å²) in [6.45, 7) is 11.3. The summed E-state index contributed by atoms with van der Waals surface area (Å²) in [5.41, 5.74) is 5.24. The van der Waals surface area contributed by atoms with E-state index >= 15 is 0 Å². The lowest BCUT2D eigenvalue weighted by Crippen LogP contribution is -2.45. The minimum atomic E-state index is -4.35. The molecule has 43 heavy (non-hydrogen) atoms. The molecule has 10 heteroatoms. The lowest BCUT2D eigenvalue weighted by Gasteiger charge is -2.38. The fraction of sp³-hybridized carbons (Fsp3) is 0.303. The van der Waals surface area contributed by atoms with Gasteiger partial charge >= 0.3 is 6.18 Å². The molecule has 1 fully saturated rings. The van der Waals surface area contributed by atoms with Crippen LogP contribution in [-0.4, -0.2) is 47.8 Å². The van der Waals surface area contributed by atoms with Crippen molar-refractivity contribution < 1.29 is 22.6 Å². The molecule has 0 atom stereocenters. The van der Waals surface area contributed by atoms with Crippen molar-refractivity contribution in [1.82, 2.24) is 14.8 Å². The maximum absolute atomic E-state index is 13.2. The van der Waals surface area contributed by atoms with Gasteiger partial charge in [0.1, 0.15) is 5.01 Å². The minimum Gasteiger partial charge on any atom is -0.454 e. The number of hydrogen-bond donors (Lipinski definition) is 0. The molecule has 6 rings (SSSR count). The third-order valence-corrected chi connectivity index (χ3v) is 8.61. The van der Waals surface area contributed by atoms with Gasteiger partial charge in [0.25, 0.3) is 0 Å². The van der Waals surface area contributed by atoms with Crippen LogP contribution in [0.4, 0.5) is 18.9 Å².